The van der Waals surface area contributed by atoms with Gasteiger partial charge in [0.25, 0.3) is 0 Å². The lowest BCUT2D eigenvalue weighted by atomic mass is 9.81. The van der Waals surface area contributed by atoms with Crippen LogP contribution in [0.4, 0.5) is 0 Å². The van der Waals surface area contributed by atoms with Crippen molar-refractivity contribution >= 4 is 0 Å². The van der Waals surface area contributed by atoms with Crippen LogP contribution in [0.15, 0.2) is 12.4 Å². The highest BCUT2D eigenvalue weighted by atomic mass is 16.5. The molecule has 2 aliphatic rings. The molecule has 1 aromatic heterocycles. The molecule has 2 aliphatic heterocycles. The number of imidazole rings is 1. The summed E-state index contributed by atoms with van der Waals surface area (Å²) in [5, 5.41) is 0. The largest absolute Gasteiger partial charge is 0.378 e. The Morgan fingerprint density at radius 3 is 3.10 bits per heavy atom. The monoisotopic (exact) mass is 278 g/mol. The number of ether oxygens (including phenoxy) is 1. The van der Waals surface area contributed by atoms with Crippen molar-refractivity contribution in [1.82, 2.24) is 14.5 Å². The topological polar surface area (TPSA) is 56.3 Å². The molecule has 3 heterocycles. The van der Waals surface area contributed by atoms with Crippen LogP contribution in [0.1, 0.15) is 32.5 Å². The summed E-state index contributed by atoms with van der Waals surface area (Å²) in [5.41, 5.74) is 6.29. The van der Waals surface area contributed by atoms with E-state index >= 15 is 0 Å². The van der Waals surface area contributed by atoms with Crippen LogP contribution in [-0.4, -0.2) is 45.8 Å². The van der Waals surface area contributed by atoms with E-state index in [9.17, 15) is 0 Å². The van der Waals surface area contributed by atoms with Crippen molar-refractivity contribution in [3.05, 3.63) is 18.2 Å². The van der Waals surface area contributed by atoms with Crippen molar-refractivity contribution in [1.29, 1.82) is 0 Å². The van der Waals surface area contributed by atoms with Gasteiger partial charge in [0.15, 0.2) is 0 Å². The summed E-state index contributed by atoms with van der Waals surface area (Å²) in [6.07, 6.45) is 6.38. The van der Waals surface area contributed by atoms with Crippen molar-refractivity contribution < 1.29 is 4.74 Å². The molecule has 0 bridgehead atoms. The maximum Gasteiger partial charge on any atom is 0.122 e. The Kier molecular flexibility index (Phi) is 3.84. The minimum Gasteiger partial charge on any atom is -0.378 e. The lowest BCUT2D eigenvalue weighted by Gasteiger charge is -2.50. The first-order valence-corrected chi connectivity index (χ1v) is 7.71. The molecule has 1 aromatic rings. The molecule has 2 atom stereocenters. The van der Waals surface area contributed by atoms with Gasteiger partial charge in [-0.1, -0.05) is 13.8 Å². The Balaban J connectivity index is 1.79. The van der Waals surface area contributed by atoms with Crippen LogP contribution in [0.2, 0.25) is 0 Å². The summed E-state index contributed by atoms with van der Waals surface area (Å²) in [7, 11) is 0. The van der Waals surface area contributed by atoms with Gasteiger partial charge >= 0.3 is 0 Å². The average molecular weight is 278 g/mol. The molecule has 1 fully saturated rings. The third kappa shape index (κ3) is 2.38. The minimum atomic E-state index is 0.0877. The van der Waals surface area contributed by atoms with Gasteiger partial charge in [-0.2, -0.15) is 0 Å². The van der Waals surface area contributed by atoms with Crippen molar-refractivity contribution in [3.8, 4) is 0 Å². The molecule has 2 N–H and O–H groups in total. The van der Waals surface area contributed by atoms with Crippen LogP contribution >= 0.6 is 0 Å². The smallest absolute Gasteiger partial charge is 0.122 e. The molecule has 5 heteroatoms. The maximum absolute atomic E-state index is 6.20. The average Bonchev–Trinajstić information content (AvgIpc) is 2.94. The highest BCUT2D eigenvalue weighted by Crippen LogP contribution is 2.34. The Labute approximate surface area is 121 Å². The van der Waals surface area contributed by atoms with Gasteiger partial charge in [-0.3, -0.25) is 4.90 Å². The molecular formula is C15H26N4O. The second-order valence-corrected chi connectivity index (χ2v) is 6.49. The molecule has 0 saturated carbocycles. The van der Waals surface area contributed by atoms with Gasteiger partial charge < -0.3 is 15.0 Å². The Hall–Kier alpha value is -0.910. The Morgan fingerprint density at radius 1 is 1.50 bits per heavy atom. The molecule has 1 saturated heterocycles. The van der Waals surface area contributed by atoms with E-state index in [-0.39, 0.29) is 5.54 Å². The molecule has 0 radical (unpaired) electrons. The highest BCUT2D eigenvalue weighted by Gasteiger charge is 2.42. The number of hydrogen-bond acceptors (Lipinski definition) is 4. The first kappa shape index (κ1) is 14.0. The summed E-state index contributed by atoms with van der Waals surface area (Å²) in [4.78, 5) is 7.02. The fraction of sp³-hybridized carbons (Fsp3) is 0.800. The van der Waals surface area contributed by atoms with E-state index in [1.54, 1.807) is 0 Å². The number of fused-ring (bicyclic) bond motifs is 1. The predicted molar refractivity (Wildman–Crippen MR) is 78.2 cm³/mol. The van der Waals surface area contributed by atoms with Gasteiger partial charge in [-0.05, 0) is 18.8 Å². The first-order chi connectivity index (χ1) is 9.64. The van der Waals surface area contributed by atoms with Crippen LogP contribution in [0, 0.1) is 5.92 Å². The fourth-order valence-electron chi connectivity index (χ4n) is 3.54. The number of aromatic nitrogens is 2. The second-order valence-electron chi connectivity index (χ2n) is 6.49. The van der Waals surface area contributed by atoms with Crippen LogP contribution < -0.4 is 5.73 Å². The van der Waals surface area contributed by atoms with E-state index in [0.29, 0.717) is 18.6 Å². The van der Waals surface area contributed by atoms with Crippen molar-refractivity contribution in [2.75, 3.05) is 19.7 Å². The second kappa shape index (κ2) is 5.47. The van der Waals surface area contributed by atoms with E-state index < -0.39 is 0 Å². The van der Waals surface area contributed by atoms with Gasteiger partial charge in [-0.25, -0.2) is 4.98 Å². The Bertz CT molecular complexity index is 458. The molecule has 0 aliphatic carbocycles. The molecule has 3 rings (SSSR count). The number of nitrogens with zero attached hydrogens (tertiary/aromatic N) is 3. The highest BCUT2D eigenvalue weighted by molar-refractivity contribution is 5.03. The van der Waals surface area contributed by atoms with E-state index in [2.05, 4.69) is 34.5 Å². The summed E-state index contributed by atoms with van der Waals surface area (Å²) in [6.45, 7) is 9.00. The molecular weight excluding hydrogens is 252 g/mol. The number of hydrogen-bond donors (Lipinski definition) is 1. The SMILES string of the molecule is CC(C)C1CC(CN)(N2CCn3ccnc3C2)CCO1. The molecule has 112 valence electrons. The minimum absolute atomic E-state index is 0.0877. The maximum atomic E-state index is 6.20. The van der Waals surface area contributed by atoms with Gasteiger partial charge in [0, 0.05) is 44.2 Å². The van der Waals surface area contributed by atoms with Gasteiger partial charge in [0.05, 0.1) is 12.6 Å². The first-order valence-electron chi connectivity index (χ1n) is 7.71. The molecule has 20 heavy (non-hydrogen) atoms. The van der Waals surface area contributed by atoms with Gasteiger partial charge in [0.1, 0.15) is 5.82 Å². The Morgan fingerprint density at radius 2 is 2.35 bits per heavy atom. The number of nitrogens with two attached hydrogens (primary N) is 1. The van der Waals surface area contributed by atoms with Crippen LogP contribution in [0.5, 0.6) is 0 Å². The predicted octanol–water partition coefficient (Wildman–Crippen LogP) is 1.23. The summed E-state index contributed by atoms with van der Waals surface area (Å²) in [6, 6.07) is 0. The lowest BCUT2D eigenvalue weighted by molar-refractivity contribution is -0.0941. The zero-order valence-corrected chi connectivity index (χ0v) is 12.6. The summed E-state index contributed by atoms with van der Waals surface area (Å²) in [5.74, 6) is 1.71. The normalized spacial score (nSPS) is 31.5. The quantitative estimate of drug-likeness (QED) is 0.903. The summed E-state index contributed by atoms with van der Waals surface area (Å²) < 4.78 is 8.19. The molecule has 0 amide bonds. The molecule has 0 aromatic carbocycles. The standard InChI is InChI=1S/C15H26N4O/c1-12(2)13-9-15(11-16,3-8-20-13)19-7-6-18-5-4-17-14(18)10-19/h4-5,12-13H,3,6-11,16H2,1-2H3. The fourth-order valence-corrected chi connectivity index (χ4v) is 3.54. The number of rotatable bonds is 3. The van der Waals surface area contributed by atoms with E-state index in [0.717, 1.165) is 44.9 Å². The van der Waals surface area contributed by atoms with E-state index in [4.69, 9.17) is 10.5 Å². The van der Waals surface area contributed by atoms with E-state index in [1.165, 1.54) is 0 Å². The van der Waals surface area contributed by atoms with Crippen molar-refractivity contribution in [2.45, 2.75) is 51.4 Å². The third-order valence-electron chi connectivity index (χ3n) is 5.02. The summed E-state index contributed by atoms with van der Waals surface area (Å²) >= 11 is 0. The molecule has 5 nitrogen and oxygen atoms in total. The van der Waals surface area contributed by atoms with Gasteiger partial charge in [-0.15, -0.1) is 0 Å². The molecule has 0 spiro atoms. The van der Waals surface area contributed by atoms with Crippen LogP contribution in [0.3, 0.4) is 0 Å². The van der Waals surface area contributed by atoms with Crippen molar-refractivity contribution in [2.24, 2.45) is 11.7 Å². The van der Waals surface area contributed by atoms with Crippen LogP contribution in [0.25, 0.3) is 0 Å². The van der Waals surface area contributed by atoms with Crippen LogP contribution in [-0.2, 0) is 17.8 Å². The zero-order valence-electron chi connectivity index (χ0n) is 12.6. The third-order valence-corrected chi connectivity index (χ3v) is 5.02. The van der Waals surface area contributed by atoms with Crippen molar-refractivity contribution in [3.63, 3.8) is 0 Å². The zero-order chi connectivity index (χ0) is 14.2. The van der Waals surface area contributed by atoms with Gasteiger partial charge in [0.2, 0.25) is 0 Å². The lowest BCUT2D eigenvalue weighted by Crippen LogP contribution is -2.60. The molecule has 2 unspecified atom stereocenters. The van der Waals surface area contributed by atoms with E-state index in [1.807, 2.05) is 6.20 Å².